The van der Waals surface area contributed by atoms with Crippen molar-refractivity contribution < 1.29 is 13.5 Å². The van der Waals surface area contributed by atoms with Crippen LogP contribution in [0.3, 0.4) is 0 Å². The third-order valence-corrected chi connectivity index (χ3v) is 3.57. The molecule has 0 saturated heterocycles. The minimum Gasteiger partial charge on any atom is -0.435 e. The zero-order valence-corrected chi connectivity index (χ0v) is 13.8. The molecule has 0 aliphatic carbocycles. The van der Waals surface area contributed by atoms with Crippen molar-refractivity contribution >= 4 is 17.7 Å². The third kappa shape index (κ3) is 8.07. The smallest absolute Gasteiger partial charge is 0.387 e. The Morgan fingerprint density at radius 2 is 2.14 bits per heavy atom. The van der Waals surface area contributed by atoms with Crippen LogP contribution in [0.5, 0.6) is 5.75 Å². The first-order chi connectivity index (χ1) is 10.7. The van der Waals surface area contributed by atoms with E-state index < -0.39 is 6.61 Å². The Kier molecular flexibility index (Phi) is 9.37. The van der Waals surface area contributed by atoms with Gasteiger partial charge in [0.25, 0.3) is 0 Å². The fraction of sp³-hybridized carbons (Fsp3) is 0.533. The number of halogens is 2. The molecule has 124 valence electrons. The van der Waals surface area contributed by atoms with Crippen molar-refractivity contribution in [1.82, 2.24) is 10.6 Å². The minimum absolute atomic E-state index is 0.161. The highest BCUT2D eigenvalue weighted by molar-refractivity contribution is 7.98. The Labute approximate surface area is 134 Å². The van der Waals surface area contributed by atoms with Gasteiger partial charge in [0.2, 0.25) is 0 Å². The van der Waals surface area contributed by atoms with Gasteiger partial charge in [-0.15, -0.1) is 0 Å². The standard InChI is InChI=1S/C15H23F2N3OS/c1-18-15(19-8-3-4-9-22-2)20-11-12-6-5-7-13(10-12)21-14(16)17/h5-7,10,14H,3-4,8-9,11H2,1-2H3,(H2,18,19,20). The van der Waals surface area contributed by atoms with Gasteiger partial charge in [0.1, 0.15) is 5.75 Å². The van der Waals surface area contributed by atoms with Gasteiger partial charge in [-0.1, -0.05) is 12.1 Å². The Morgan fingerprint density at radius 1 is 1.32 bits per heavy atom. The number of thioether (sulfide) groups is 1. The molecule has 0 bridgehead atoms. The molecule has 22 heavy (non-hydrogen) atoms. The van der Waals surface area contributed by atoms with Crippen LogP contribution < -0.4 is 15.4 Å². The van der Waals surface area contributed by atoms with Crippen LogP contribution >= 0.6 is 11.8 Å². The fourth-order valence-electron chi connectivity index (χ4n) is 1.82. The third-order valence-electron chi connectivity index (χ3n) is 2.87. The maximum Gasteiger partial charge on any atom is 0.387 e. The molecule has 0 amide bonds. The summed E-state index contributed by atoms with van der Waals surface area (Å²) in [5.41, 5.74) is 0.850. The van der Waals surface area contributed by atoms with E-state index in [1.807, 2.05) is 17.8 Å². The molecule has 0 heterocycles. The molecule has 4 nitrogen and oxygen atoms in total. The van der Waals surface area contributed by atoms with Gasteiger partial charge in [0.05, 0.1) is 0 Å². The SMILES string of the molecule is CN=C(NCCCCSC)NCc1cccc(OC(F)F)c1. The first-order valence-corrected chi connectivity index (χ1v) is 8.52. The normalized spacial score (nSPS) is 11.6. The van der Waals surface area contributed by atoms with Crippen LogP contribution in [0.15, 0.2) is 29.3 Å². The molecular weight excluding hydrogens is 308 g/mol. The molecule has 0 radical (unpaired) electrons. The van der Waals surface area contributed by atoms with Gasteiger partial charge in [0, 0.05) is 20.1 Å². The highest BCUT2D eigenvalue weighted by Gasteiger charge is 2.05. The molecular formula is C15H23F2N3OS. The van der Waals surface area contributed by atoms with E-state index in [4.69, 9.17) is 0 Å². The van der Waals surface area contributed by atoms with Gasteiger partial charge in [0.15, 0.2) is 5.96 Å². The van der Waals surface area contributed by atoms with E-state index in [9.17, 15) is 8.78 Å². The lowest BCUT2D eigenvalue weighted by atomic mass is 10.2. The second-order valence-corrected chi connectivity index (χ2v) is 5.56. The highest BCUT2D eigenvalue weighted by Crippen LogP contribution is 2.15. The molecule has 1 aromatic carbocycles. The molecule has 0 fully saturated rings. The van der Waals surface area contributed by atoms with Crippen molar-refractivity contribution in [2.45, 2.75) is 26.0 Å². The predicted octanol–water partition coefficient (Wildman–Crippen LogP) is 3.10. The Morgan fingerprint density at radius 3 is 2.82 bits per heavy atom. The molecule has 1 aromatic rings. The van der Waals surface area contributed by atoms with Crippen LogP contribution in [0, 0.1) is 0 Å². The summed E-state index contributed by atoms with van der Waals surface area (Å²) < 4.78 is 28.7. The van der Waals surface area contributed by atoms with Crippen molar-refractivity contribution in [3.63, 3.8) is 0 Å². The number of guanidine groups is 1. The van der Waals surface area contributed by atoms with E-state index >= 15 is 0 Å². The number of alkyl halides is 2. The second kappa shape index (κ2) is 11.1. The van der Waals surface area contributed by atoms with Gasteiger partial charge in [-0.25, -0.2) is 0 Å². The lowest BCUT2D eigenvalue weighted by Crippen LogP contribution is -2.37. The Bertz CT molecular complexity index is 458. The lowest BCUT2D eigenvalue weighted by molar-refractivity contribution is -0.0498. The Hall–Kier alpha value is -1.50. The molecule has 2 N–H and O–H groups in total. The number of aliphatic imine (C=N–C) groups is 1. The van der Waals surface area contributed by atoms with Crippen molar-refractivity contribution in [3.05, 3.63) is 29.8 Å². The van der Waals surface area contributed by atoms with Crippen LogP contribution in [0.25, 0.3) is 0 Å². The topological polar surface area (TPSA) is 45.7 Å². The fourth-order valence-corrected chi connectivity index (χ4v) is 2.31. The van der Waals surface area contributed by atoms with E-state index in [2.05, 4.69) is 26.6 Å². The first-order valence-electron chi connectivity index (χ1n) is 7.13. The largest absolute Gasteiger partial charge is 0.435 e. The number of unbranched alkanes of at least 4 members (excludes halogenated alkanes) is 1. The number of hydrogen-bond donors (Lipinski definition) is 2. The van der Waals surface area contributed by atoms with Gasteiger partial charge in [-0.2, -0.15) is 20.5 Å². The number of ether oxygens (including phenoxy) is 1. The zero-order chi connectivity index (χ0) is 16.2. The van der Waals surface area contributed by atoms with E-state index in [1.165, 1.54) is 6.07 Å². The maximum absolute atomic E-state index is 12.2. The van der Waals surface area contributed by atoms with Crippen molar-refractivity contribution in [1.29, 1.82) is 0 Å². The Balaban J connectivity index is 2.36. The minimum atomic E-state index is -2.81. The number of hydrogen-bond acceptors (Lipinski definition) is 3. The van der Waals surface area contributed by atoms with E-state index in [0.717, 1.165) is 30.7 Å². The molecule has 0 spiro atoms. The number of rotatable bonds is 9. The summed E-state index contributed by atoms with van der Waals surface area (Å²) >= 11 is 1.84. The molecule has 7 heteroatoms. The first kappa shape index (κ1) is 18.5. The van der Waals surface area contributed by atoms with Crippen molar-refractivity contribution in [2.75, 3.05) is 25.6 Å². The van der Waals surface area contributed by atoms with Gasteiger partial charge in [-0.05, 0) is 42.5 Å². The van der Waals surface area contributed by atoms with Crippen molar-refractivity contribution in [3.8, 4) is 5.75 Å². The summed E-state index contributed by atoms with van der Waals surface area (Å²) in [6.45, 7) is -1.46. The number of nitrogens with one attached hydrogen (secondary N) is 2. The van der Waals surface area contributed by atoms with E-state index in [0.29, 0.717) is 12.5 Å². The molecule has 0 atom stereocenters. The summed E-state index contributed by atoms with van der Waals surface area (Å²) in [6.07, 6.45) is 4.34. The number of benzene rings is 1. The van der Waals surface area contributed by atoms with Crippen LogP contribution in [0.2, 0.25) is 0 Å². The molecule has 0 saturated carbocycles. The van der Waals surface area contributed by atoms with E-state index in [-0.39, 0.29) is 5.75 Å². The van der Waals surface area contributed by atoms with Crippen molar-refractivity contribution in [2.24, 2.45) is 4.99 Å². The maximum atomic E-state index is 12.2. The van der Waals surface area contributed by atoms with E-state index in [1.54, 1.807) is 19.2 Å². The summed E-state index contributed by atoms with van der Waals surface area (Å²) in [6, 6.07) is 6.63. The quantitative estimate of drug-likeness (QED) is 0.415. The molecule has 0 unspecified atom stereocenters. The molecule has 0 aromatic heterocycles. The highest BCUT2D eigenvalue weighted by atomic mass is 32.2. The molecule has 1 rings (SSSR count). The van der Waals surface area contributed by atoms with Crippen LogP contribution in [-0.2, 0) is 6.54 Å². The summed E-state index contributed by atoms with van der Waals surface area (Å²) in [7, 11) is 1.70. The number of nitrogens with zero attached hydrogens (tertiary/aromatic N) is 1. The summed E-state index contributed by atoms with van der Waals surface area (Å²) in [4.78, 5) is 4.13. The van der Waals surface area contributed by atoms with Gasteiger partial charge >= 0.3 is 6.61 Å². The molecule has 0 aliphatic rings. The van der Waals surface area contributed by atoms with Crippen LogP contribution in [0.4, 0.5) is 8.78 Å². The molecule has 0 aliphatic heterocycles. The second-order valence-electron chi connectivity index (χ2n) is 4.58. The van der Waals surface area contributed by atoms with Crippen LogP contribution in [-0.4, -0.2) is 38.2 Å². The summed E-state index contributed by atoms with van der Waals surface area (Å²) in [5.74, 6) is 2.02. The predicted molar refractivity (Wildman–Crippen MR) is 88.9 cm³/mol. The van der Waals surface area contributed by atoms with Crippen LogP contribution in [0.1, 0.15) is 18.4 Å². The monoisotopic (exact) mass is 331 g/mol. The average Bonchev–Trinajstić information content (AvgIpc) is 2.50. The summed E-state index contributed by atoms with van der Waals surface area (Å²) in [5, 5.41) is 6.37. The lowest BCUT2D eigenvalue weighted by Gasteiger charge is -2.12. The zero-order valence-electron chi connectivity index (χ0n) is 12.9. The average molecular weight is 331 g/mol. The van der Waals surface area contributed by atoms with Gasteiger partial charge in [-0.3, -0.25) is 4.99 Å². The van der Waals surface area contributed by atoms with Gasteiger partial charge < -0.3 is 15.4 Å².